The van der Waals surface area contributed by atoms with Crippen molar-refractivity contribution in [3.63, 3.8) is 0 Å². The second kappa shape index (κ2) is 4.48. The minimum absolute atomic E-state index is 0.605. The molecular weight excluding hydrogens is 238 g/mol. The van der Waals surface area contributed by atoms with E-state index in [-0.39, 0.29) is 0 Å². The molecule has 0 aliphatic rings. The van der Waals surface area contributed by atoms with E-state index < -0.39 is 0 Å². The lowest BCUT2D eigenvalue weighted by Gasteiger charge is -2.06. The molecule has 1 heterocycles. The maximum absolute atomic E-state index is 8.40. The van der Waals surface area contributed by atoms with Crippen molar-refractivity contribution < 1.29 is 0 Å². The molecule has 3 rings (SSSR count). The molecule has 0 saturated heterocycles. The zero-order valence-corrected chi connectivity index (χ0v) is 10.4. The predicted octanol–water partition coefficient (Wildman–Crippen LogP) is 4.28. The van der Waals surface area contributed by atoms with Crippen LogP contribution in [0.4, 0.5) is 5.69 Å². The Labute approximate surface area is 109 Å². The van der Waals surface area contributed by atoms with E-state index in [2.05, 4.69) is 19.6 Å². The Morgan fingerprint density at radius 1 is 1.11 bits per heavy atom. The van der Waals surface area contributed by atoms with Crippen LogP contribution in [-0.4, -0.2) is 9.55 Å². The summed E-state index contributed by atoms with van der Waals surface area (Å²) >= 11 is 0. The van der Waals surface area contributed by atoms with Gasteiger partial charge in [0.05, 0.1) is 11.0 Å². The molecule has 0 aliphatic carbocycles. The first-order valence-electron chi connectivity index (χ1n) is 5.89. The number of hydrogen-bond acceptors (Lipinski definition) is 2. The largest absolute Gasteiger partial charge is 0.297 e. The molecule has 19 heavy (non-hydrogen) atoms. The van der Waals surface area contributed by atoms with E-state index >= 15 is 0 Å². The van der Waals surface area contributed by atoms with Crippen LogP contribution in [0.25, 0.3) is 27.2 Å². The highest BCUT2D eigenvalue weighted by Crippen LogP contribution is 2.23. The van der Waals surface area contributed by atoms with E-state index in [0.29, 0.717) is 5.69 Å². The molecule has 0 bridgehead atoms. The molecule has 0 atom stereocenters. The van der Waals surface area contributed by atoms with Crippen LogP contribution in [0.1, 0.15) is 5.82 Å². The van der Waals surface area contributed by atoms with Gasteiger partial charge in [0, 0.05) is 16.3 Å². The van der Waals surface area contributed by atoms with Crippen molar-refractivity contribution >= 4 is 16.7 Å². The van der Waals surface area contributed by atoms with Crippen molar-refractivity contribution in [1.82, 2.24) is 9.55 Å². The van der Waals surface area contributed by atoms with Crippen molar-refractivity contribution in [3.8, 4) is 5.69 Å². The second-order valence-electron chi connectivity index (χ2n) is 4.19. The van der Waals surface area contributed by atoms with Crippen LogP contribution < -0.4 is 0 Å². The van der Waals surface area contributed by atoms with Gasteiger partial charge in [0.2, 0.25) is 0 Å². The first-order chi connectivity index (χ1) is 9.29. The van der Waals surface area contributed by atoms with Gasteiger partial charge in [0.15, 0.2) is 0 Å². The smallest absolute Gasteiger partial charge is 0.111 e. The molecule has 0 saturated carbocycles. The highest BCUT2D eigenvalue weighted by atomic mass is 15.1. The standard InChI is InChI=1S/C14H11N5/c1-10-16-13-4-2-3-5-14(13)19(10)12-8-6-11(7-9-12)17-18-15/h2-9H,1H3. The number of rotatable bonds is 2. The summed E-state index contributed by atoms with van der Waals surface area (Å²) in [6.45, 7) is 1.97. The van der Waals surface area contributed by atoms with Gasteiger partial charge in [-0.15, -0.1) is 0 Å². The van der Waals surface area contributed by atoms with Gasteiger partial charge in [-0.3, -0.25) is 4.57 Å². The lowest BCUT2D eigenvalue weighted by Crippen LogP contribution is -1.95. The van der Waals surface area contributed by atoms with Crippen molar-refractivity contribution in [3.05, 3.63) is 64.8 Å². The van der Waals surface area contributed by atoms with Crippen LogP contribution in [0.5, 0.6) is 0 Å². The molecule has 0 N–H and O–H groups in total. The van der Waals surface area contributed by atoms with Gasteiger partial charge in [0.1, 0.15) is 5.82 Å². The second-order valence-corrected chi connectivity index (χ2v) is 4.19. The van der Waals surface area contributed by atoms with E-state index in [1.165, 1.54) is 0 Å². The monoisotopic (exact) mass is 249 g/mol. The van der Waals surface area contributed by atoms with Crippen LogP contribution in [0.2, 0.25) is 0 Å². The molecule has 1 aromatic heterocycles. The molecule has 5 nitrogen and oxygen atoms in total. The number of benzene rings is 2. The summed E-state index contributed by atoms with van der Waals surface area (Å²) < 4.78 is 2.08. The summed E-state index contributed by atoms with van der Waals surface area (Å²) in [5, 5.41) is 3.57. The summed E-state index contributed by atoms with van der Waals surface area (Å²) in [5.74, 6) is 0.928. The van der Waals surface area contributed by atoms with Gasteiger partial charge < -0.3 is 0 Å². The molecule has 3 aromatic rings. The van der Waals surface area contributed by atoms with Gasteiger partial charge in [-0.1, -0.05) is 29.4 Å². The van der Waals surface area contributed by atoms with E-state index in [1.807, 2.05) is 43.3 Å². The SMILES string of the molecule is Cc1nc2ccccc2n1-c1ccc(N=[N+]=[N-])cc1. The first-order valence-corrected chi connectivity index (χ1v) is 5.89. The Morgan fingerprint density at radius 2 is 1.84 bits per heavy atom. The van der Waals surface area contributed by atoms with Crippen molar-refractivity contribution in [2.24, 2.45) is 5.11 Å². The number of para-hydroxylation sites is 2. The van der Waals surface area contributed by atoms with E-state index in [9.17, 15) is 0 Å². The van der Waals surface area contributed by atoms with Crippen molar-refractivity contribution in [1.29, 1.82) is 0 Å². The average Bonchev–Trinajstić information content (AvgIpc) is 2.76. The van der Waals surface area contributed by atoms with Crippen LogP contribution in [0.15, 0.2) is 53.6 Å². The summed E-state index contributed by atoms with van der Waals surface area (Å²) in [6.07, 6.45) is 0. The lowest BCUT2D eigenvalue weighted by molar-refractivity contribution is 1.00. The van der Waals surface area contributed by atoms with Gasteiger partial charge in [-0.25, -0.2) is 4.98 Å². The van der Waals surface area contributed by atoms with Crippen molar-refractivity contribution in [2.75, 3.05) is 0 Å². The Bertz CT molecular complexity index is 779. The Hall–Kier alpha value is -2.78. The molecule has 0 unspecified atom stereocenters. The number of fused-ring (bicyclic) bond motifs is 1. The maximum Gasteiger partial charge on any atom is 0.111 e. The Balaban J connectivity index is 2.18. The first kappa shape index (κ1) is 11.3. The number of imidazole rings is 1. The van der Waals surface area contributed by atoms with Gasteiger partial charge in [-0.2, -0.15) is 0 Å². The molecular formula is C14H11N5. The average molecular weight is 249 g/mol. The molecule has 0 aliphatic heterocycles. The summed E-state index contributed by atoms with van der Waals surface area (Å²) in [7, 11) is 0. The van der Waals surface area contributed by atoms with E-state index in [0.717, 1.165) is 22.5 Å². The van der Waals surface area contributed by atoms with Gasteiger partial charge in [-0.05, 0) is 36.7 Å². The van der Waals surface area contributed by atoms with Gasteiger partial charge in [0.25, 0.3) is 0 Å². The maximum atomic E-state index is 8.40. The Kier molecular flexibility index (Phi) is 2.67. The fourth-order valence-electron chi connectivity index (χ4n) is 2.19. The van der Waals surface area contributed by atoms with Crippen molar-refractivity contribution in [2.45, 2.75) is 6.92 Å². The third-order valence-electron chi connectivity index (χ3n) is 3.00. The highest BCUT2D eigenvalue weighted by molar-refractivity contribution is 5.78. The summed E-state index contributed by atoms with van der Waals surface area (Å²) in [4.78, 5) is 7.30. The zero-order valence-electron chi connectivity index (χ0n) is 10.4. The number of nitrogens with zero attached hydrogens (tertiary/aromatic N) is 5. The van der Waals surface area contributed by atoms with Crippen LogP contribution in [-0.2, 0) is 0 Å². The minimum atomic E-state index is 0.605. The molecule has 0 fully saturated rings. The van der Waals surface area contributed by atoms with E-state index in [4.69, 9.17) is 5.53 Å². The fraction of sp³-hybridized carbons (Fsp3) is 0.0714. The predicted molar refractivity (Wildman–Crippen MR) is 74.6 cm³/mol. The van der Waals surface area contributed by atoms with Crippen LogP contribution >= 0.6 is 0 Å². The topological polar surface area (TPSA) is 66.6 Å². The molecule has 5 heteroatoms. The number of azide groups is 1. The molecule has 0 amide bonds. The number of aromatic nitrogens is 2. The number of aryl methyl sites for hydroxylation is 1. The molecule has 2 aromatic carbocycles. The molecule has 0 radical (unpaired) electrons. The third kappa shape index (κ3) is 1.92. The van der Waals surface area contributed by atoms with Crippen LogP contribution in [0.3, 0.4) is 0 Å². The highest BCUT2D eigenvalue weighted by Gasteiger charge is 2.07. The lowest BCUT2D eigenvalue weighted by atomic mass is 10.2. The minimum Gasteiger partial charge on any atom is -0.297 e. The Morgan fingerprint density at radius 3 is 2.58 bits per heavy atom. The molecule has 0 spiro atoms. The number of hydrogen-bond donors (Lipinski definition) is 0. The third-order valence-corrected chi connectivity index (χ3v) is 3.00. The van der Waals surface area contributed by atoms with Gasteiger partial charge >= 0.3 is 0 Å². The zero-order chi connectivity index (χ0) is 13.2. The fourth-order valence-corrected chi connectivity index (χ4v) is 2.19. The normalized spacial score (nSPS) is 10.4. The van der Waals surface area contributed by atoms with E-state index in [1.54, 1.807) is 12.1 Å². The molecule has 92 valence electrons. The summed E-state index contributed by atoms with van der Waals surface area (Å²) in [5.41, 5.74) is 12.0. The summed E-state index contributed by atoms with van der Waals surface area (Å²) in [6, 6.07) is 15.4. The quantitative estimate of drug-likeness (QED) is 0.380. The van der Waals surface area contributed by atoms with Crippen LogP contribution in [0, 0.1) is 6.92 Å².